The molecule has 0 saturated carbocycles. The first kappa shape index (κ1) is 10.7. The largest absolute Gasteiger partial charge is 0.367 e. The molecule has 1 rings (SSSR count). The van der Waals surface area contributed by atoms with Gasteiger partial charge in [-0.15, -0.1) is 0 Å². The number of aliphatic hydroxyl groups is 1. The molecule has 0 saturated heterocycles. The first-order valence-corrected chi connectivity index (χ1v) is 4.20. The highest BCUT2D eigenvalue weighted by atomic mass is 35.5. The Morgan fingerprint density at radius 1 is 1.43 bits per heavy atom. The molecule has 0 fully saturated rings. The lowest BCUT2D eigenvalue weighted by Crippen LogP contribution is -2.35. The van der Waals surface area contributed by atoms with Crippen LogP contribution in [0.25, 0.3) is 0 Å². The lowest BCUT2D eigenvalue weighted by Gasteiger charge is -2.07. The van der Waals surface area contributed by atoms with E-state index in [9.17, 15) is 9.59 Å². The van der Waals surface area contributed by atoms with Crippen LogP contribution in [-0.4, -0.2) is 23.5 Å². The van der Waals surface area contributed by atoms with Crippen molar-refractivity contribution in [3.05, 3.63) is 34.9 Å². The third-order valence-corrected chi connectivity index (χ3v) is 1.85. The SMILES string of the molecule is O=CNC(O)C(=O)c1ccc(Cl)cc1. The molecule has 1 unspecified atom stereocenters. The fraction of sp³-hybridized carbons (Fsp3) is 0.111. The number of hydrogen-bond acceptors (Lipinski definition) is 3. The van der Waals surface area contributed by atoms with E-state index in [0.717, 1.165) is 0 Å². The van der Waals surface area contributed by atoms with Crippen LogP contribution in [0.5, 0.6) is 0 Å². The van der Waals surface area contributed by atoms with Gasteiger partial charge in [0.2, 0.25) is 12.2 Å². The van der Waals surface area contributed by atoms with Gasteiger partial charge in [0.05, 0.1) is 0 Å². The Morgan fingerprint density at radius 3 is 2.50 bits per heavy atom. The summed E-state index contributed by atoms with van der Waals surface area (Å²) >= 11 is 5.61. The molecule has 14 heavy (non-hydrogen) atoms. The molecule has 1 amide bonds. The van der Waals surface area contributed by atoms with Crippen LogP contribution < -0.4 is 5.32 Å². The summed E-state index contributed by atoms with van der Waals surface area (Å²) < 4.78 is 0. The molecule has 2 N–H and O–H groups in total. The van der Waals surface area contributed by atoms with E-state index in [1.54, 1.807) is 0 Å². The lowest BCUT2D eigenvalue weighted by atomic mass is 10.1. The summed E-state index contributed by atoms with van der Waals surface area (Å²) in [5.74, 6) is -0.575. The minimum absolute atomic E-state index is 0.262. The number of rotatable bonds is 4. The molecular weight excluding hydrogens is 206 g/mol. The summed E-state index contributed by atoms with van der Waals surface area (Å²) in [4.78, 5) is 21.3. The van der Waals surface area contributed by atoms with Gasteiger partial charge < -0.3 is 10.4 Å². The minimum Gasteiger partial charge on any atom is -0.367 e. The van der Waals surface area contributed by atoms with Gasteiger partial charge in [0.15, 0.2) is 6.23 Å². The molecule has 74 valence electrons. The van der Waals surface area contributed by atoms with Crippen LogP contribution >= 0.6 is 11.6 Å². The molecule has 0 heterocycles. The van der Waals surface area contributed by atoms with Gasteiger partial charge in [0, 0.05) is 10.6 Å². The molecule has 0 aliphatic carbocycles. The molecule has 0 aliphatic heterocycles. The third-order valence-electron chi connectivity index (χ3n) is 1.60. The Bertz CT molecular complexity index is 336. The predicted octanol–water partition coefficient (Wildman–Crippen LogP) is 0.587. The average molecular weight is 214 g/mol. The van der Waals surface area contributed by atoms with Crippen molar-refractivity contribution in [3.8, 4) is 0 Å². The van der Waals surface area contributed by atoms with Crippen LogP contribution in [0.1, 0.15) is 10.4 Å². The molecule has 0 spiro atoms. The summed E-state index contributed by atoms with van der Waals surface area (Å²) in [7, 11) is 0. The zero-order valence-electron chi connectivity index (χ0n) is 7.11. The van der Waals surface area contributed by atoms with E-state index < -0.39 is 12.0 Å². The Labute approximate surface area is 85.5 Å². The molecule has 1 atom stereocenters. The summed E-state index contributed by atoms with van der Waals surface area (Å²) in [6.07, 6.45) is -1.24. The third kappa shape index (κ3) is 2.55. The normalized spacial score (nSPS) is 11.9. The lowest BCUT2D eigenvalue weighted by molar-refractivity contribution is -0.111. The van der Waals surface area contributed by atoms with Crippen molar-refractivity contribution in [3.63, 3.8) is 0 Å². The van der Waals surface area contributed by atoms with Crippen molar-refractivity contribution in [2.24, 2.45) is 0 Å². The van der Waals surface area contributed by atoms with Gasteiger partial charge in [-0.3, -0.25) is 9.59 Å². The van der Waals surface area contributed by atoms with Crippen molar-refractivity contribution in [1.82, 2.24) is 5.32 Å². The number of amides is 1. The Morgan fingerprint density at radius 2 is 2.00 bits per heavy atom. The number of nitrogens with one attached hydrogen (secondary N) is 1. The smallest absolute Gasteiger partial charge is 0.211 e. The zero-order chi connectivity index (χ0) is 10.6. The maximum absolute atomic E-state index is 11.3. The number of halogens is 1. The number of Topliss-reactive ketones (excluding diaryl/α,β-unsaturated/α-hetero) is 1. The number of carbonyl (C=O) groups is 2. The average Bonchev–Trinajstić information content (AvgIpc) is 2.18. The van der Waals surface area contributed by atoms with Gasteiger partial charge >= 0.3 is 0 Å². The van der Waals surface area contributed by atoms with Crippen LogP contribution in [0.15, 0.2) is 24.3 Å². The second-order valence-electron chi connectivity index (χ2n) is 2.56. The molecule has 0 bridgehead atoms. The molecule has 0 radical (unpaired) electrons. The molecule has 5 heteroatoms. The van der Waals surface area contributed by atoms with E-state index in [1.807, 2.05) is 5.32 Å². The summed E-state index contributed by atoms with van der Waals surface area (Å²) in [6, 6.07) is 6.01. The maximum Gasteiger partial charge on any atom is 0.211 e. The first-order valence-electron chi connectivity index (χ1n) is 3.82. The standard InChI is InChI=1S/C9H8ClNO3/c10-7-3-1-6(2-4-7)8(13)9(14)11-5-12/h1-5,9,14H,(H,11,12). The zero-order valence-corrected chi connectivity index (χ0v) is 7.86. The Kier molecular flexibility index (Phi) is 3.62. The highest BCUT2D eigenvalue weighted by molar-refractivity contribution is 6.30. The van der Waals surface area contributed by atoms with Crippen molar-refractivity contribution in [2.45, 2.75) is 6.23 Å². The summed E-state index contributed by atoms with van der Waals surface area (Å²) in [5.41, 5.74) is 0.288. The van der Waals surface area contributed by atoms with Gasteiger partial charge in [0.1, 0.15) is 0 Å². The molecule has 1 aromatic carbocycles. The van der Waals surface area contributed by atoms with E-state index in [0.29, 0.717) is 5.02 Å². The molecule has 0 aromatic heterocycles. The van der Waals surface area contributed by atoms with E-state index in [2.05, 4.69) is 0 Å². The first-order chi connectivity index (χ1) is 6.65. The van der Waals surface area contributed by atoms with Crippen LogP contribution in [-0.2, 0) is 4.79 Å². The molecule has 1 aromatic rings. The van der Waals surface area contributed by atoms with E-state index in [4.69, 9.17) is 16.7 Å². The van der Waals surface area contributed by atoms with Gasteiger partial charge in [-0.25, -0.2) is 0 Å². The predicted molar refractivity (Wildman–Crippen MR) is 51.0 cm³/mol. The van der Waals surface area contributed by atoms with Crippen LogP contribution in [0.3, 0.4) is 0 Å². The monoisotopic (exact) mass is 213 g/mol. The van der Waals surface area contributed by atoms with Crippen LogP contribution in [0.2, 0.25) is 5.02 Å². The van der Waals surface area contributed by atoms with Crippen molar-refractivity contribution >= 4 is 23.8 Å². The van der Waals surface area contributed by atoms with Crippen molar-refractivity contribution in [1.29, 1.82) is 0 Å². The molecule has 0 aliphatic rings. The number of benzene rings is 1. The minimum atomic E-state index is -1.51. The number of carbonyl (C=O) groups excluding carboxylic acids is 2. The second-order valence-corrected chi connectivity index (χ2v) is 2.99. The number of aliphatic hydroxyl groups excluding tert-OH is 1. The van der Waals surface area contributed by atoms with E-state index in [-0.39, 0.29) is 12.0 Å². The highest BCUT2D eigenvalue weighted by Gasteiger charge is 2.15. The van der Waals surface area contributed by atoms with Crippen molar-refractivity contribution in [2.75, 3.05) is 0 Å². The number of ketones is 1. The second kappa shape index (κ2) is 4.74. The highest BCUT2D eigenvalue weighted by Crippen LogP contribution is 2.10. The van der Waals surface area contributed by atoms with Gasteiger partial charge in [-0.1, -0.05) is 11.6 Å². The summed E-state index contributed by atoms with van der Waals surface area (Å²) in [6.45, 7) is 0. The molecule has 4 nitrogen and oxygen atoms in total. The fourth-order valence-electron chi connectivity index (χ4n) is 0.912. The number of hydrogen-bond donors (Lipinski definition) is 2. The van der Waals surface area contributed by atoms with Crippen LogP contribution in [0, 0.1) is 0 Å². The topological polar surface area (TPSA) is 66.4 Å². The summed E-state index contributed by atoms with van der Waals surface area (Å²) in [5, 5.41) is 11.6. The maximum atomic E-state index is 11.3. The van der Waals surface area contributed by atoms with E-state index in [1.165, 1.54) is 24.3 Å². The Balaban J connectivity index is 2.78. The quantitative estimate of drug-likeness (QED) is 0.437. The van der Waals surface area contributed by atoms with Gasteiger partial charge in [0.25, 0.3) is 0 Å². The Hall–Kier alpha value is -1.39. The van der Waals surface area contributed by atoms with Gasteiger partial charge in [-0.2, -0.15) is 0 Å². The fourth-order valence-corrected chi connectivity index (χ4v) is 1.04. The van der Waals surface area contributed by atoms with Crippen LogP contribution in [0.4, 0.5) is 0 Å². The van der Waals surface area contributed by atoms with Gasteiger partial charge in [-0.05, 0) is 24.3 Å². The molecular formula is C9H8ClNO3. The van der Waals surface area contributed by atoms with E-state index >= 15 is 0 Å². The van der Waals surface area contributed by atoms with Crippen molar-refractivity contribution < 1.29 is 14.7 Å².